The lowest BCUT2D eigenvalue weighted by atomic mass is 9.82. The molecular formula is C13H21N. The predicted molar refractivity (Wildman–Crippen MR) is 63.7 cm³/mol. The van der Waals surface area contributed by atoms with Gasteiger partial charge in [0, 0.05) is 5.69 Å². The molecule has 1 aromatic carbocycles. The SMILES string of the molecule is CCc1cc(C)c(N)cc1C(C)(C)C. The number of anilines is 1. The zero-order valence-corrected chi connectivity index (χ0v) is 9.94. The Morgan fingerprint density at radius 2 is 1.79 bits per heavy atom. The van der Waals surface area contributed by atoms with Gasteiger partial charge in [-0.2, -0.15) is 0 Å². The van der Waals surface area contributed by atoms with E-state index in [1.807, 2.05) is 0 Å². The topological polar surface area (TPSA) is 26.0 Å². The fraction of sp³-hybridized carbons (Fsp3) is 0.538. The van der Waals surface area contributed by atoms with Crippen molar-refractivity contribution < 1.29 is 0 Å². The van der Waals surface area contributed by atoms with Crippen LogP contribution in [0.2, 0.25) is 0 Å². The highest BCUT2D eigenvalue weighted by Crippen LogP contribution is 2.29. The molecule has 0 unspecified atom stereocenters. The summed E-state index contributed by atoms with van der Waals surface area (Å²) < 4.78 is 0. The van der Waals surface area contributed by atoms with Gasteiger partial charge in [0.2, 0.25) is 0 Å². The highest BCUT2D eigenvalue weighted by Gasteiger charge is 2.17. The minimum absolute atomic E-state index is 0.188. The molecule has 0 aliphatic rings. The van der Waals surface area contributed by atoms with Crippen LogP contribution in [0, 0.1) is 6.92 Å². The quantitative estimate of drug-likeness (QED) is 0.676. The Labute approximate surface area is 87.3 Å². The molecule has 1 heteroatoms. The van der Waals surface area contributed by atoms with E-state index in [1.165, 1.54) is 16.7 Å². The Kier molecular flexibility index (Phi) is 2.89. The van der Waals surface area contributed by atoms with Gasteiger partial charge in [0.15, 0.2) is 0 Å². The van der Waals surface area contributed by atoms with Crippen molar-refractivity contribution in [3.8, 4) is 0 Å². The van der Waals surface area contributed by atoms with Gasteiger partial charge in [-0.1, -0.05) is 33.8 Å². The first-order valence-electron chi connectivity index (χ1n) is 5.25. The van der Waals surface area contributed by atoms with Crippen molar-refractivity contribution in [3.63, 3.8) is 0 Å². The van der Waals surface area contributed by atoms with Crippen molar-refractivity contribution in [1.82, 2.24) is 0 Å². The smallest absolute Gasteiger partial charge is 0.0346 e. The Balaban J connectivity index is 3.35. The Bertz CT molecular complexity index is 332. The van der Waals surface area contributed by atoms with Crippen LogP contribution in [0.25, 0.3) is 0 Å². The third-order valence-corrected chi connectivity index (χ3v) is 2.68. The molecule has 1 rings (SSSR count). The third-order valence-electron chi connectivity index (χ3n) is 2.68. The summed E-state index contributed by atoms with van der Waals surface area (Å²) in [4.78, 5) is 0. The van der Waals surface area contributed by atoms with Crippen molar-refractivity contribution in [1.29, 1.82) is 0 Å². The summed E-state index contributed by atoms with van der Waals surface area (Å²) >= 11 is 0. The van der Waals surface area contributed by atoms with E-state index in [2.05, 4.69) is 46.8 Å². The normalized spacial score (nSPS) is 11.8. The highest BCUT2D eigenvalue weighted by atomic mass is 14.6. The lowest BCUT2D eigenvalue weighted by Gasteiger charge is -2.24. The minimum Gasteiger partial charge on any atom is -0.399 e. The molecule has 1 aromatic rings. The van der Waals surface area contributed by atoms with E-state index in [4.69, 9.17) is 5.73 Å². The van der Waals surface area contributed by atoms with Gasteiger partial charge >= 0.3 is 0 Å². The van der Waals surface area contributed by atoms with Crippen LogP contribution < -0.4 is 5.73 Å². The molecular weight excluding hydrogens is 170 g/mol. The molecule has 0 aromatic heterocycles. The lowest BCUT2D eigenvalue weighted by molar-refractivity contribution is 0.583. The van der Waals surface area contributed by atoms with E-state index in [0.717, 1.165) is 12.1 Å². The van der Waals surface area contributed by atoms with E-state index >= 15 is 0 Å². The van der Waals surface area contributed by atoms with Gasteiger partial charge in [-0.3, -0.25) is 0 Å². The van der Waals surface area contributed by atoms with Crippen molar-refractivity contribution in [2.75, 3.05) is 5.73 Å². The standard InChI is InChI=1S/C13H21N/c1-6-10-7-9(2)12(14)8-11(10)13(3,4)5/h7-8H,6,14H2,1-5H3. The maximum Gasteiger partial charge on any atom is 0.0346 e. The van der Waals surface area contributed by atoms with Crippen LogP contribution in [0.5, 0.6) is 0 Å². The molecule has 0 heterocycles. The average Bonchev–Trinajstić information content (AvgIpc) is 2.07. The molecule has 1 nitrogen and oxygen atoms in total. The largest absolute Gasteiger partial charge is 0.399 e. The molecule has 78 valence electrons. The van der Waals surface area contributed by atoms with Gasteiger partial charge in [-0.25, -0.2) is 0 Å². The zero-order valence-electron chi connectivity index (χ0n) is 9.94. The maximum atomic E-state index is 5.94. The Morgan fingerprint density at radius 1 is 1.21 bits per heavy atom. The van der Waals surface area contributed by atoms with Crippen LogP contribution in [0.4, 0.5) is 5.69 Å². The summed E-state index contributed by atoms with van der Waals surface area (Å²) in [5.41, 5.74) is 11.0. The number of nitrogen functional groups attached to an aromatic ring is 1. The predicted octanol–water partition coefficient (Wildman–Crippen LogP) is 3.44. The van der Waals surface area contributed by atoms with E-state index in [0.29, 0.717) is 0 Å². The first-order valence-corrected chi connectivity index (χ1v) is 5.25. The molecule has 0 saturated carbocycles. The van der Waals surface area contributed by atoms with Crippen LogP contribution in [0.3, 0.4) is 0 Å². The van der Waals surface area contributed by atoms with E-state index in [1.54, 1.807) is 0 Å². The summed E-state index contributed by atoms with van der Waals surface area (Å²) in [6.45, 7) is 11.0. The van der Waals surface area contributed by atoms with Crippen molar-refractivity contribution in [2.24, 2.45) is 0 Å². The first-order chi connectivity index (χ1) is 6.36. The molecule has 0 bridgehead atoms. The minimum atomic E-state index is 0.188. The number of hydrogen-bond donors (Lipinski definition) is 1. The van der Waals surface area contributed by atoms with Crippen LogP contribution in [-0.4, -0.2) is 0 Å². The molecule has 0 spiro atoms. The second-order valence-electron chi connectivity index (χ2n) is 4.97. The highest BCUT2D eigenvalue weighted by molar-refractivity contribution is 5.53. The van der Waals surface area contributed by atoms with Gasteiger partial charge < -0.3 is 5.73 Å². The first kappa shape index (κ1) is 11.1. The maximum absolute atomic E-state index is 5.94. The monoisotopic (exact) mass is 191 g/mol. The number of benzene rings is 1. The summed E-state index contributed by atoms with van der Waals surface area (Å²) in [5.74, 6) is 0. The molecule has 0 amide bonds. The molecule has 0 aliphatic carbocycles. The second kappa shape index (κ2) is 3.64. The molecule has 0 aliphatic heterocycles. The fourth-order valence-corrected chi connectivity index (χ4v) is 1.78. The van der Waals surface area contributed by atoms with Gasteiger partial charge in [0.25, 0.3) is 0 Å². The summed E-state index contributed by atoms with van der Waals surface area (Å²) in [6, 6.07) is 4.35. The fourth-order valence-electron chi connectivity index (χ4n) is 1.78. The molecule has 0 fully saturated rings. The van der Waals surface area contributed by atoms with Gasteiger partial charge in [0.1, 0.15) is 0 Å². The number of aryl methyl sites for hydroxylation is 2. The van der Waals surface area contributed by atoms with Crippen LogP contribution in [0.1, 0.15) is 44.4 Å². The number of hydrogen-bond acceptors (Lipinski definition) is 1. The number of nitrogens with two attached hydrogens (primary N) is 1. The van der Waals surface area contributed by atoms with Crippen LogP contribution in [0.15, 0.2) is 12.1 Å². The van der Waals surface area contributed by atoms with Crippen LogP contribution >= 0.6 is 0 Å². The Hall–Kier alpha value is -0.980. The van der Waals surface area contributed by atoms with E-state index < -0.39 is 0 Å². The van der Waals surface area contributed by atoms with Gasteiger partial charge in [-0.15, -0.1) is 0 Å². The molecule has 0 atom stereocenters. The molecule has 14 heavy (non-hydrogen) atoms. The molecule has 0 radical (unpaired) electrons. The zero-order chi connectivity index (χ0) is 10.9. The van der Waals surface area contributed by atoms with Gasteiger partial charge in [0.05, 0.1) is 0 Å². The lowest BCUT2D eigenvalue weighted by Crippen LogP contribution is -2.15. The van der Waals surface area contributed by atoms with E-state index in [-0.39, 0.29) is 5.41 Å². The Morgan fingerprint density at radius 3 is 2.21 bits per heavy atom. The average molecular weight is 191 g/mol. The summed E-state index contributed by atoms with van der Waals surface area (Å²) in [6.07, 6.45) is 1.08. The molecule has 2 N–H and O–H groups in total. The van der Waals surface area contributed by atoms with Crippen molar-refractivity contribution >= 4 is 5.69 Å². The third kappa shape index (κ3) is 2.09. The summed E-state index contributed by atoms with van der Waals surface area (Å²) in [7, 11) is 0. The van der Waals surface area contributed by atoms with Crippen LogP contribution in [-0.2, 0) is 11.8 Å². The summed E-state index contributed by atoms with van der Waals surface area (Å²) in [5, 5.41) is 0. The number of rotatable bonds is 1. The van der Waals surface area contributed by atoms with E-state index in [9.17, 15) is 0 Å². The van der Waals surface area contributed by atoms with Crippen molar-refractivity contribution in [3.05, 3.63) is 28.8 Å². The van der Waals surface area contributed by atoms with Crippen molar-refractivity contribution in [2.45, 2.75) is 46.5 Å². The second-order valence-corrected chi connectivity index (χ2v) is 4.97. The van der Waals surface area contributed by atoms with Gasteiger partial charge in [-0.05, 0) is 41.5 Å². The molecule has 0 saturated heterocycles.